The molecule has 0 aromatic carbocycles. The lowest BCUT2D eigenvalue weighted by molar-refractivity contribution is -0.284. The molecule has 20 heavy (non-hydrogen) atoms. The highest BCUT2D eigenvalue weighted by Gasteiger charge is 2.56. The minimum absolute atomic E-state index is 0.214. The highest BCUT2D eigenvalue weighted by atomic mass is 79.9. The first-order chi connectivity index (χ1) is 9.12. The smallest absolute Gasteiger partial charge is 0.342 e. The number of alkyl halides is 6. The summed E-state index contributed by atoms with van der Waals surface area (Å²) in [4.78, 5) is 12.8. The van der Waals surface area contributed by atoms with Crippen molar-refractivity contribution >= 4 is 21.8 Å². The van der Waals surface area contributed by atoms with E-state index >= 15 is 0 Å². The molecule has 2 nitrogen and oxygen atoms in total. The maximum Gasteiger partial charge on any atom is 0.453 e. The first-order valence-electron chi connectivity index (χ1n) is 6.04. The Kier molecular flexibility index (Phi) is 8.30. The molecule has 0 saturated carbocycles. The normalized spacial score (nSPS) is 12.9. The summed E-state index contributed by atoms with van der Waals surface area (Å²) >= 11 is 3.11. The quantitative estimate of drug-likeness (QED) is 0.274. The van der Waals surface area contributed by atoms with Crippen LogP contribution in [0.25, 0.3) is 0 Å². The van der Waals surface area contributed by atoms with Crippen LogP contribution < -0.4 is 0 Å². The van der Waals surface area contributed by atoms with E-state index in [-0.39, 0.29) is 18.7 Å². The Morgan fingerprint density at radius 1 is 1.15 bits per heavy atom. The molecule has 0 aromatic rings. The predicted molar refractivity (Wildman–Crippen MR) is 70.0 cm³/mol. The molecule has 0 unspecified atom stereocenters. The zero-order valence-electron chi connectivity index (χ0n) is 11.0. The van der Waals surface area contributed by atoms with Crippen LogP contribution in [-0.2, 0) is 4.79 Å². The van der Waals surface area contributed by atoms with Gasteiger partial charge in [-0.1, -0.05) is 28.4 Å². The molecule has 8 heteroatoms. The monoisotopic (exact) mass is 365 g/mol. The maximum absolute atomic E-state index is 12.6. The maximum atomic E-state index is 12.6. The highest BCUT2D eigenvalue weighted by Crippen LogP contribution is 2.39. The van der Waals surface area contributed by atoms with Crippen molar-refractivity contribution in [2.75, 3.05) is 18.9 Å². The molecular formula is C12H17BrF5NO. The van der Waals surface area contributed by atoms with Crippen LogP contribution in [0.3, 0.4) is 0 Å². The molecule has 0 atom stereocenters. The number of carbonyl (C=O) groups excluding carboxylic acids is 1. The molecule has 0 fully saturated rings. The average molecular weight is 366 g/mol. The summed E-state index contributed by atoms with van der Waals surface area (Å²) in [5, 5.41) is 0.541. The summed E-state index contributed by atoms with van der Waals surface area (Å²) in [6.07, 6.45) is -3.34. The molecule has 0 heterocycles. The van der Waals surface area contributed by atoms with Crippen LogP contribution in [0.1, 0.15) is 25.7 Å². The number of likely N-dealkylation sites (N-methyl/N-ethyl adjacent to an activating group) is 1. The second kappa shape index (κ2) is 8.59. The number of hydrogen-bond donors (Lipinski definition) is 0. The van der Waals surface area contributed by atoms with E-state index in [9.17, 15) is 26.7 Å². The van der Waals surface area contributed by atoms with Crippen LogP contribution in [0, 0.1) is 0 Å². The lowest BCUT2D eigenvalue weighted by atomic mass is 10.1. The summed E-state index contributed by atoms with van der Waals surface area (Å²) in [5.41, 5.74) is 0. The molecule has 118 valence electrons. The van der Waals surface area contributed by atoms with Crippen LogP contribution >= 0.6 is 15.9 Å². The first-order valence-corrected chi connectivity index (χ1v) is 7.16. The molecule has 0 bridgehead atoms. The number of carbonyl (C=O) groups is 1. The average Bonchev–Trinajstić information content (AvgIpc) is 2.33. The first kappa shape index (κ1) is 19.3. The fraction of sp³-hybridized carbons (Fsp3) is 0.750. The van der Waals surface area contributed by atoms with Gasteiger partial charge in [-0.3, -0.25) is 4.79 Å². The van der Waals surface area contributed by atoms with E-state index in [4.69, 9.17) is 0 Å². The van der Waals surface area contributed by atoms with Crippen molar-refractivity contribution in [1.82, 2.24) is 4.90 Å². The van der Waals surface area contributed by atoms with Crippen molar-refractivity contribution < 1.29 is 26.7 Å². The van der Waals surface area contributed by atoms with E-state index < -0.39 is 18.5 Å². The number of halogens is 6. The summed E-state index contributed by atoms with van der Waals surface area (Å²) in [5.74, 6) is -4.86. The van der Waals surface area contributed by atoms with Crippen molar-refractivity contribution in [2.45, 2.75) is 37.8 Å². The number of allylic oxidation sites excluding steroid dienone is 1. The highest BCUT2D eigenvalue weighted by molar-refractivity contribution is 9.09. The van der Waals surface area contributed by atoms with Crippen molar-refractivity contribution in [2.24, 2.45) is 0 Å². The number of unbranched alkanes of at least 4 members (excludes halogenated alkanes) is 2. The van der Waals surface area contributed by atoms with Crippen molar-refractivity contribution in [3.8, 4) is 0 Å². The van der Waals surface area contributed by atoms with Gasteiger partial charge in [-0.2, -0.15) is 22.0 Å². The van der Waals surface area contributed by atoms with Crippen molar-refractivity contribution in [3.05, 3.63) is 12.2 Å². The molecule has 0 aromatic heterocycles. The van der Waals surface area contributed by atoms with Gasteiger partial charge in [0.25, 0.3) is 0 Å². The molecule has 0 rings (SSSR count). The molecule has 0 aliphatic carbocycles. The third-order valence-corrected chi connectivity index (χ3v) is 3.00. The number of nitrogens with zero attached hydrogens (tertiary/aromatic N) is 1. The van der Waals surface area contributed by atoms with Gasteiger partial charge in [-0.15, -0.1) is 0 Å². The molecule has 1 amide bonds. The Labute approximate surface area is 123 Å². The Morgan fingerprint density at radius 2 is 1.75 bits per heavy atom. The van der Waals surface area contributed by atoms with E-state index in [1.165, 1.54) is 11.0 Å². The minimum Gasteiger partial charge on any atom is -0.342 e. The number of hydrogen-bond acceptors (Lipinski definition) is 1. The largest absolute Gasteiger partial charge is 0.453 e. The molecule has 0 saturated heterocycles. The number of rotatable bonds is 8. The fourth-order valence-corrected chi connectivity index (χ4v) is 1.58. The molecule has 0 radical (unpaired) electrons. The van der Waals surface area contributed by atoms with E-state index in [0.717, 1.165) is 0 Å². The Bertz CT molecular complexity index is 330. The van der Waals surface area contributed by atoms with Gasteiger partial charge in [0, 0.05) is 25.3 Å². The van der Waals surface area contributed by atoms with Crippen LogP contribution in [0.2, 0.25) is 0 Å². The van der Waals surface area contributed by atoms with Crippen LogP contribution in [0.15, 0.2) is 12.2 Å². The second-order valence-electron chi connectivity index (χ2n) is 4.33. The van der Waals surface area contributed by atoms with Crippen LogP contribution in [0.4, 0.5) is 22.0 Å². The molecular weight excluding hydrogens is 349 g/mol. The van der Waals surface area contributed by atoms with E-state index in [1.807, 2.05) is 0 Å². The summed E-state index contributed by atoms with van der Waals surface area (Å²) in [6.45, 7) is 0.322. The topological polar surface area (TPSA) is 20.3 Å². The Hall–Kier alpha value is -0.660. The molecule has 0 N–H and O–H groups in total. The van der Waals surface area contributed by atoms with E-state index in [0.29, 0.717) is 18.3 Å². The van der Waals surface area contributed by atoms with Gasteiger partial charge in [0.2, 0.25) is 5.91 Å². The van der Waals surface area contributed by atoms with Gasteiger partial charge in [0.05, 0.1) is 0 Å². The SMILES string of the molecule is CN(CCCCCC(F)(F)C(F)(F)F)C(=O)/C=C/CBr. The minimum atomic E-state index is -5.49. The van der Waals surface area contributed by atoms with Crippen molar-refractivity contribution in [1.29, 1.82) is 0 Å². The fourth-order valence-electron chi connectivity index (χ4n) is 1.40. The van der Waals surface area contributed by atoms with Gasteiger partial charge in [-0.05, 0) is 18.9 Å². The second-order valence-corrected chi connectivity index (χ2v) is 4.98. The van der Waals surface area contributed by atoms with Crippen molar-refractivity contribution in [3.63, 3.8) is 0 Å². The summed E-state index contributed by atoms with van der Waals surface area (Å²) in [7, 11) is 1.55. The molecule has 0 aliphatic rings. The summed E-state index contributed by atoms with van der Waals surface area (Å²) < 4.78 is 60.8. The predicted octanol–water partition coefficient (Wildman–Crippen LogP) is 4.15. The molecule has 0 spiro atoms. The van der Waals surface area contributed by atoms with Gasteiger partial charge in [-0.25, -0.2) is 0 Å². The summed E-state index contributed by atoms with van der Waals surface area (Å²) in [6, 6.07) is 0. The van der Waals surface area contributed by atoms with Gasteiger partial charge >= 0.3 is 12.1 Å². The lowest BCUT2D eigenvalue weighted by Crippen LogP contribution is -2.36. The Morgan fingerprint density at radius 3 is 2.25 bits per heavy atom. The number of amides is 1. The Balaban J connectivity index is 3.88. The van der Waals surface area contributed by atoms with E-state index in [2.05, 4.69) is 15.9 Å². The lowest BCUT2D eigenvalue weighted by Gasteiger charge is -2.19. The standard InChI is InChI=1S/C12H17BrF5NO/c1-19(10(20)6-5-8-13)9-4-2-3-7-11(14,15)12(16,17)18/h5-6H,2-4,7-9H2,1H3/b6-5+. The van der Waals surface area contributed by atoms with Gasteiger partial charge in [0.1, 0.15) is 0 Å². The third-order valence-electron chi connectivity index (χ3n) is 2.62. The third kappa shape index (κ3) is 7.21. The van der Waals surface area contributed by atoms with Crippen LogP contribution in [-0.4, -0.2) is 41.8 Å². The van der Waals surface area contributed by atoms with Gasteiger partial charge < -0.3 is 4.90 Å². The zero-order chi connectivity index (χ0) is 15.8. The zero-order valence-corrected chi connectivity index (χ0v) is 12.6. The van der Waals surface area contributed by atoms with Crippen LogP contribution in [0.5, 0.6) is 0 Å². The van der Waals surface area contributed by atoms with E-state index in [1.54, 1.807) is 13.1 Å². The molecule has 0 aliphatic heterocycles. The van der Waals surface area contributed by atoms with Gasteiger partial charge in [0.15, 0.2) is 0 Å².